The Hall–Kier alpha value is -0.790. The van der Waals surface area contributed by atoms with Crippen LogP contribution in [0.4, 0.5) is 0 Å². The van der Waals surface area contributed by atoms with Crippen LogP contribution in [0.5, 0.6) is 0 Å². The van der Waals surface area contributed by atoms with E-state index in [9.17, 15) is 4.79 Å². The highest BCUT2D eigenvalue weighted by molar-refractivity contribution is 5.71. The van der Waals surface area contributed by atoms with Crippen molar-refractivity contribution in [2.75, 3.05) is 0 Å². The summed E-state index contributed by atoms with van der Waals surface area (Å²) < 4.78 is 0. The van der Waals surface area contributed by atoms with E-state index in [1.807, 2.05) is 19.1 Å². The number of hydrogen-bond donors (Lipinski definition) is 1. The molecule has 0 saturated heterocycles. The second-order valence-electron chi connectivity index (χ2n) is 3.63. The predicted octanol–water partition coefficient (Wildman–Crippen LogP) is 3.62. The van der Waals surface area contributed by atoms with E-state index in [2.05, 4.69) is 6.92 Å². The summed E-state index contributed by atoms with van der Waals surface area (Å²) in [5, 5.41) is 8.76. The molecule has 0 aromatic rings. The number of aliphatic carboxylic acids is 1. The van der Waals surface area contributed by atoms with Gasteiger partial charge in [0.05, 0.1) is 5.92 Å². The molecule has 0 spiro atoms. The largest absolute Gasteiger partial charge is 0.481 e. The number of carboxylic acid groups (broad SMARTS) is 1. The third-order valence-corrected chi connectivity index (χ3v) is 2.35. The van der Waals surface area contributed by atoms with Crippen molar-refractivity contribution < 1.29 is 9.90 Å². The quantitative estimate of drug-likeness (QED) is 0.477. The van der Waals surface area contributed by atoms with Crippen LogP contribution in [0.25, 0.3) is 0 Å². The van der Waals surface area contributed by atoms with Gasteiger partial charge in [-0.3, -0.25) is 4.79 Å². The van der Waals surface area contributed by atoms with E-state index in [1.54, 1.807) is 0 Å². The Morgan fingerprint density at radius 2 is 2.00 bits per heavy atom. The molecule has 0 bridgehead atoms. The third-order valence-electron chi connectivity index (χ3n) is 2.35. The molecule has 0 aliphatic carbocycles. The third kappa shape index (κ3) is 6.70. The maximum absolute atomic E-state index is 10.6. The molecular formula is C12H22O2. The fourth-order valence-electron chi connectivity index (χ4n) is 1.34. The van der Waals surface area contributed by atoms with Gasteiger partial charge in [-0.1, -0.05) is 45.3 Å². The first-order valence-corrected chi connectivity index (χ1v) is 5.61. The Morgan fingerprint density at radius 3 is 2.50 bits per heavy atom. The van der Waals surface area contributed by atoms with Crippen molar-refractivity contribution in [2.24, 2.45) is 5.92 Å². The molecular weight excluding hydrogens is 176 g/mol. The van der Waals surface area contributed by atoms with Crippen LogP contribution in [-0.2, 0) is 4.79 Å². The van der Waals surface area contributed by atoms with E-state index in [1.165, 1.54) is 25.7 Å². The van der Waals surface area contributed by atoms with Gasteiger partial charge in [-0.15, -0.1) is 0 Å². The lowest BCUT2D eigenvalue weighted by atomic mass is 10.1. The average Bonchev–Trinajstić information content (AvgIpc) is 2.16. The van der Waals surface area contributed by atoms with Gasteiger partial charge in [0.15, 0.2) is 0 Å². The highest BCUT2D eigenvalue weighted by atomic mass is 16.4. The normalized spacial score (nSPS) is 13.3. The van der Waals surface area contributed by atoms with Gasteiger partial charge in [0, 0.05) is 0 Å². The molecule has 14 heavy (non-hydrogen) atoms. The summed E-state index contributed by atoms with van der Waals surface area (Å²) in [6.45, 7) is 4.09. The van der Waals surface area contributed by atoms with Gasteiger partial charge in [0.25, 0.3) is 0 Å². The Morgan fingerprint density at radius 1 is 1.29 bits per heavy atom. The Labute approximate surface area is 87.0 Å². The molecule has 82 valence electrons. The van der Waals surface area contributed by atoms with E-state index in [4.69, 9.17) is 5.11 Å². The first kappa shape index (κ1) is 13.2. The first-order chi connectivity index (χ1) is 6.72. The maximum Gasteiger partial charge on any atom is 0.310 e. The fraction of sp³-hybridized carbons (Fsp3) is 0.750. The molecule has 0 fully saturated rings. The van der Waals surface area contributed by atoms with Gasteiger partial charge in [-0.2, -0.15) is 0 Å². The van der Waals surface area contributed by atoms with Crippen molar-refractivity contribution in [2.45, 2.75) is 52.4 Å². The molecule has 2 heteroatoms. The molecule has 1 N–H and O–H groups in total. The predicted molar refractivity (Wildman–Crippen MR) is 59.3 cm³/mol. The van der Waals surface area contributed by atoms with Crippen LogP contribution < -0.4 is 0 Å². The van der Waals surface area contributed by atoms with Gasteiger partial charge < -0.3 is 5.11 Å². The average molecular weight is 198 g/mol. The number of rotatable bonds is 8. The molecule has 0 rings (SSSR count). The monoisotopic (exact) mass is 198 g/mol. The topological polar surface area (TPSA) is 37.3 Å². The molecule has 0 saturated carbocycles. The molecule has 1 atom stereocenters. The summed E-state index contributed by atoms with van der Waals surface area (Å²) in [7, 11) is 0. The van der Waals surface area contributed by atoms with Crippen molar-refractivity contribution in [3.63, 3.8) is 0 Å². The summed E-state index contributed by atoms with van der Waals surface area (Å²) in [6.07, 6.45) is 10.5. The molecule has 0 aliphatic heterocycles. The van der Waals surface area contributed by atoms with Crippen molar-refractivity contribution in [3.8, 4) is 0 Å². The molecule has 0 radical (unpaired) electrons. The zero-order valence-electron chi connectivity index (χ0n) is 9.33. The molecule has 0 amide bonds. The smallest absolute Gasteiger partial charge is 0.310 e. The first-order valence-electron chi connectivity index (χ1n) is 5.61. The molecule has 0 heterocycles. The molecule has 0 aromatic heterocycles. The summed E-state index contributed by atoms with van der Waals surface area (Å²) in [6, 6.07) is 0. The fourth-order valence-corrected chi connectivity index (χ4v) is 1.34. The van der Waals surface area contributed by atoms with Crippen LogP contribution in [0, 0.1) is 5.92 Å². The molecule has 0 aliphatic rings. The van der Waals surface area contributed by atoms with Gasteiger partial charge >= 0.3 is 5.97 Å². The van der Waals surface area contributed by atoms with E-state index in [0.717, 1.165) is 6.42 Å². The highest BCUT2D eigenvalue weighted by Gasteiger charge is 2.09. The number of unbranched alkanes of at least 4 members (excludes halogenated alkanes) is 4. The van der Waals surface area contributed by atoms with Crippen LogP contribution in [0.3, 0.4) is 0 Å². The SMILES string of the molecule is CCCCCC/C=C/C(CC)C(=O)O. The van der Waals surface area contributed by atoms with Crippen LogP contribution in [0.15, 0.2) is 12.2 Å². The number of carboxylic acids is 1. The van der Waals surface area contributed by atoms with Crippen LogP contribution >= 0.6 is 0 Å². The second-order valence-corrected chi connectivity index (χ2v) is 3.63. The summed E-state index contributed by atoms with van der Waals surface area (Å²) in [4.78, 5) is 10.6. The Balaban J connectivity index is 3.54. The highest BCUT2D eigenvalue weighted by Crippen LogP contribution is 2.07. The van der Waals surface area contributed by atoms with E-state index in [0.29, 0.717) is 6.42 Å². The molecule has 2 nitrogen and oxygen atoms in total. The zero-order chi connectivity index (χ0) is 10.8. The van der Waals surface area contributed by atoms with Crippen molar-refractivity contribution in [1.82, 2.24) is 0 Å². The number of hydrogen-bond acceptors (Lipinski definition) is 1. The Bertz CT molecular complexity index is 173. The van der Waals surface area contributed by atoms with Gasteiger partial charge in [0.2, 0.25) is 0 Å². The Kier molecular flexibility index (Phi) is 8.30. The molecule has 1 unspecified atom stereocenters. The second kappa shape index (κ2) is 8.79. The standard InChI is InChI=1S/C12H22O2/c1-3-5-6-7-8-9-10-11(4-2)12(13)14/h9-11H,3-8H2,1-2H3,(H,13,14)/b10-9+. The molecule has 0 aromatic carbocycles. The zero-order valence-corrected chi connectivity index (χ0v) is 9.33. The van der Waals surface area contributed by atoms with Crippen LogP contribution in [0.1, 0.15) is 52.4 Å². The summed E-state index contributed by atoms with van der Waals surface area (Å²) >= 11 is 0. The summed E-state index contributed by atoms with van der Waals surface area (Å²) in [5.41, 5.74) is 0. The lowest BCUT2D eigenvalue weighted by molar-refractivity contribution is -0.140. The van der Waals surface area contributed by atoms with Crippen molar-refractivity contribution in [1.29, 1.82) is 0 Å². The lowest BCUT2D eigenvalue weighted by Gasteiger charge is -2.02. The van der Waals surface area contributed by atoms with Crippen LogP contribution in [-0.4, -0.2) is 11.1 Å². The van der Waals surface area contributed by atoms with Gasteiger partial charge in [-0.05, 0) is 19.3 Å². The van der Waals surface area contributed by atoms with Crippen molar-refractivity contribution in [3.05, 3.63) is 12.2 Å². The minimum absolute atomic E-state index is 0.291. The van der Waals surface area contributed by atoms with E-state index < -0.39 is 5.97 Å². The minimum Gasteiger partial charge on any atom is -0.481 e. The van der Waals surface area contributed by atoms with Gasteiger partial charge in [0.1, 0.15) is 0 Å². The summed E-state index contributed by atoms with van der Waals surface area (Å²) in [5.74, 6) is -1.00. The van der Waals surface area contributed by atoms with E-state index >= 15 is 0 Å². The maximum atomic E-state index is 10.6. The van der Waals surface area contributed by atoms with Crippen molar-refractivity contribution >= 4 is 5.97 Å². The van der Waals surface area contributed by atoms with Crippen LogP contribution in [0.2, 0.25) is 0 Å². The van der Waals surface area contributed by atoms with E-state index in [-0.39, 0.29) is 5.92 Å². The van der Waals surface area contributed by atoms with Gasteiger partial charge in [-0.25, -0.2) is 0 Å². The number of allylic oxidation sites excluding steroid dienone is 1. The lowest BCUT2D eigenvalue weighted by Crippen LogP contribution is -2.08. The number of carbonyl (C=O) groups is 1. The minimum atomic E-state index is -0.711.